The first kappa shape index (κ1) is 20.3. The molecular formula is C17H24N2O6. The third kappa shape index (κ3) is 5.10. The van der Waals surface area contributed by atoms with E-state index in [-0.39, 0.29) is 17.2 Å². The van der Waals surface area contributed by atoms with Crippen molar-refractivity contribution >= 4 is 23.5 Å². The first-order valence-corrected chi connectivity index (χ1v) is 7.56. The van der Waals surface area contributed by atoms with Gasteiger partial charge >= 0.3 is 5.97 Å². The Kier molecular flexibility index (Phi) is 6.38. The van der Waals surface area contributed by atoms with Crippen LogP contribution in [0.4, 0.5) is 5.69 Å². The van der Waals surface area contributed by atoms with E-state index in [1.54, 1.807) is 20.8 Å². The van der Waals surface area contributed by atoms with Crippen molar-refractivity contribution in [3.8, 4) is 11.5 Å². The number of carbonyl (C=O) groups excluding carboxylic acids is 2. The molecule has 1 aromatic rings. The van der Waals surface area contributed by atoms with Gasteiger partial charge in [-0.3, -0.25) is 14.4 Å². The number of benzene rings is 1. The zero-order valence-electron chi connectivity index (χ0n) is 15.3. The number of carboxylic acids is 1. The molecule has 0 saturated carbocycles. The highest BCUT2D eigenvalue weighted by Gasteiger charge is 2.26. The van der Waals surface area contributed by atoms with Crippen LogP contribution in [0.5, 0.6) is 11.5 Å². The maximum Gasteiger partial charge on any atom is 0.323 e. The van der Waals surface area contributed by atoms with Gasteiger partial charge in [0, 0.05) is 18.5 Å². The number of aliphatic carboxylic acids is 1. The Balaban J connectivity index is 3.39. The number of carboxylic acid groups (broad SMARTS) is 1. The van der Waals surface area contributed by atoms with Crippen LogP contribution < -0.4 is 14.8 Å². The van der Waals surface area contributed by atoms with E-state index < -0.39 is 23.8 Å². The van der Waals surface area contributed by atoms with E-state index in [1.807, 2.05) is 0 Å². The quantitative estimate of drug-likeness (QED) is 0.809. The standard InChI is InChI=1S/C17H24N2O6/c1-17(2,3)16(23)18-11-8-13(25-6)12(24-5)7-10(11)15(22)19(4)9-14(20)21/h7-8H,9H2,1-6H3,(H,18,23)(H,20,21). The first-order chi connectivity index (χ1) is 11.5. The SMILES string of the molecule is COc1cc(NC(=O)C(C)(C)C)c(C(=O)N(C)CC(=O)O)cc1OC. The summed E-state index contributed by atoms with van der Waals surface area (Å²) in [5.74, 6) is -1.37. The summed E-state index contributed by atoms with van der Waals surface area (Å²) >= 11 is 0. The summed E-state index contributed by atoms with van der Waals surface area (Å²) in [7, 11) is 4.22. The lowest BCUT2D eigenvalue weighted by atomic mass is 9.95. The number of ether oxygens (including phenoxy) is 2. The number of hydrogen-bond acceptors (Lipinski definition) is 5. The van der Waals surface area contributed by atoms with E-state index in [4.69, 9.17) is 14.6 Å². The summed E-state index contributed by atoms with van der Waals surface area (Å²) < 4.78 is 10.4. The van der Waals surface area contributed by atoms with Gasteiger partial charge in [-0.1, -0.05) is 20.8 Å². The van der Waals surface area contributed by atoms with Gasteiger partial charge < -0.3 is 24.8 Å². The van der Waals surface area contributed by atoms with Gasteiger partial charge in [-0.25, -0.2) is 0 Å². The fourth-order valence-electron chi connectivity index (χ4n) is 1.95. The van der Waals surface area contributed by atoms with Gasteiger partial charge in [0.25, 0.3) is 5.91 Å². The van der Waals surface area contributed by atoms with E-state index in [0.29, 0.717) is 11.5 Å². The van der Waals surface area contributed by atoms with Crippen molar-refractivity contribution in [2.24, 2.45) is 5.41 Å². The molecule has 0 heterocycles. The van der Waals surface area contributed by atoms with Crippen LogP contribution in [0.2, 0.25) is 0 Å². The maximum absolute atomic E-state index is 12.6. The molecule has 0 unspecified atom stereocenters. The van der Waals surface area contributed by atoms with Gasteiger partial charge in [-0.15, -0.1) is 0 Å². The molecule has 0 aromatic heterocycles. The van der Waals surface area contributed by atoms with Crippen molar-refractivity contribution in [1.82, 2.24) is 4.90 Å². The molecule has 0 aliphatic carbocycles. The van der Waals surface area contributed by atoms with Crippen molar-refractivity contribution in [2.45, 2.75) is 20.8 Å². The summed E-state index contributed by atoms with van der Waals surface area (Å²) in [6.45, 7) is 4.74. The molecule has 0 spiro atoms. The average molecular weight is 352 g/mol. The summed E-state index contributed by atoms with van der Waals surface area (Å²) in [5, 5.41) is 11.6. The molecule has 8 nitrogen and oxygen atoms in total. The van der Waals surface area contributed by atoms with Crippen molar-refractivity contribution < 1.29 is 29.0 Å². The van der Waals surface area contributed by atoms with Gasteiger partial charge in [0.05, 0.1) is 25.5 Å². The van der Waals surface area contributed by atoms with Crippen LogP contribution in [-0.2, 0) is 9.59 Å². The molecule has 2 amide bonds. The van der Waals surface area contributed by atoms with Crippen molar-refractivity contribution in [3.05, 3.63) is 17.7 Å². The minimum absolute atomic E-state index is 0.110. The Morgan fingerprint density at radius 2 is 1.64 bits per heavy atom. The zero-order chi connectivity index (χ0) is 19.4. The molecular weight excluding hydrogens is 328 g/mol. The fraction of sp³-hybridized carbons (Fsp3) is 0.471. The van der Waals surface area contributed by atoms with Crippen LogP contribution in [0.25, 0.3) is 0 Å². The lowest BCUT2D eigenvalue weighted by Crippen LogP contribution is -2.33. The van der Waals surface area contributed by atoms with Crippen molar-refractivity contribution in [1.29, 1.82) is 0 Å². The predicted octanol–water partition coefficient (Wildman–Crippen LogP) is 1.84. The van der Waals surface area contributed by atoms with E-state index in [0.717, 1.165) is 4.90 Å². The third-order valence-corrected chi connectivity index (χ3v) is 3.40. The molecule has 0 aliphatic heterocycles. The van der Waals surface area contributed by atoms with Crippen molar-refractivity contribution in [2.75, 3.05) is 33.1 Å². The molecule has 0 atom stereocenters. The van der Waals surface area contributed by atoms with E-state index >= 15 is 0 Å². The number of carbonyl (C=O) groups is 3. The monoisotopic (exact) mass is 352 g/mol. The van der Waals surface area contributed by atoms with E-state index in [2.05, 4.69) is 5.32 Å². The van der Waals surface area contributed by atoms with E-state index in [9.17, 15) is 14.4 Å². The molecule has 0 saturated heterocycles. The number of nitrogens with zero attached hydrogens (tertiary/aromatic N) is 1. The topological polar surface area (TPSA) is 105 Å². The molecule has 1 rings (SSSR count). The van der Waals surface area contributed by atoms with Crippen LogP contribution in [0.3, 0.4) is 0 Å². The molecule has 0 bridgehead atoms. The second-order valence-corrected chi connectivity index (χ2v) is 6.51. The summed E-state index contributed by atoms with van der Waals surface area (Å²) in [6.07, 6.45) is 0. The Hall–Kier alpha value is -2.77. The minimum Gasteiger partial charge on any atom is -0.493 e. The number of likely N-dealkylation sites (N-methyl/N-ethyl adjacent to an activating group) is 1. The summed E-state index contributed by atoms with van der Waals surface area (Å²) in [5.41, 5.74) is -0.348. The molecule has 0 radical (unpaired) electrons. The van der Waals surface area contributed by atoms with Gasteiger partial charge in [0.15, 0.2) is 11.5 Å². The predicted molar refractivity (Wildman–Crippen MR) is 92.2 cm³/mol. The maximum atomic E-state index is 12.6. The molecule has 1 aromatic carbocycles. The Morgan fingerprint density at radius 3 is 2.08 bits per heavy atom. The summed E-state index contributed by atoms with van der Waals surface area (Å²) in [6, 6.07) is 2.89. The molecule has 0 aliphatic rings. The van der Waals surface area contributed by atoms with Crippen LogP contribution in [0.1, 0.15) is 31.1 Å². The minimum atomic E-state index is -1.14. The second kappa shape index (κ2) is 7.87. The van der Waals surface area contributed by atoms with Gasteiger partial charge in [-0.2, -0.15) is 0 Å². The molecule has 2 N–H and O–H groups in total. The van der Waals surface area contributed by atoms with Gasteiger partial charge in [0.1, 0.15) is 6.54 Å². The largest absolute Gasteiger partial charge is 0.493 e. The smallest absolute Gasteiger partial charge is 0.323 e. The number of hydrogen-bond donors (Lipinski definition) is 2. The highest BCUT2D eigenvalue weighted by molar-refractivity contribution is 6.06. The Morgan fingerprint density at radius 1 is 1.12 bits per heavy atom. The van der Waals surface area contributed by atoms with Crippen LogP contribution in [0.15, 0.2) is 12.1 Å². The Labute approximate surface area is 146 Å². The van der Waals surface area contributed by atoms with Crippen LogP contribution in [-0.4, -0.2) is 55.6 Å². The van der Waals surface area contributed by atoms with Crippen LogP contribution >= 0.6 is 0 Å². The molecule has 138 valence electrons. The highest BCUT2D eigenvalue weighted by atomic mass is 16.5. The first-order valence-electron chi connectivity index (χ1n) is 7.56. The Bertz CT molecular complexity index is 678. The van der Waals surface area contributed by atoms with Gasteiger partial charge in [0.2, 0.25) is 5.91 Å². The third-order valence-electron chi connectivity index (χ3n) is 3.40. The highest BCUT2D eigenvalue weighted by Crippen LogP contribution is 2.34. The van der Waals surface area contributed by atoms with Crippen LogP contribution in [0, 0.1) is 5.41 Å². The molecule has 25 heavy (non-hydrogen) atoms. The number of nitrogens with one attached hydrogen (secondary N) is 1. The lowest BCUT2D eigenvalue weighted by molar-refractivity contribution is -0.137. The van der Waals surface area contributed by atoms with Gasteiger partial charge in [-0.05, 0) is 6.07 Å². The number of methoxy groups -OCH3 is 2. The van der Waals surface area contributed by atoms with E-state index in [1.165, 1.54) is 33.4 Å². The zero-order valence-corrected chi connectivity index (χ0v) is 15.3. The lowest BCUT2D eigenvalue weighted by Gasteiger charge is -2.22. The fourth-order valence-corrected chi connectivity index (χ4v) is 1.95. The number of rotatable bonds is 6. The average Bonchev–Trinajstić information content (AvgIpc) is 2.51. The van der Waals surface area contributed by atoms with Crippen molar-refractivity contribution in [3.63, 3.8) is 0 Å². The molecule has 8 heteroatoms. The summed E-state index contributed by atoms with van der Waals surface area (Å²) in [4.78, 5) is 36.8. The number of anilines is 1. The normalized spacial score (nSPS) is 10.8. The number of amides is 2. The second-order valence-electron chi connectivity index (χ2n) is 6.51. The molecule has 0 fully saturated rings.